The third kappa shape index (κ3) is 15.6. The number of piperidine rings is 1. The lowest BCUT2D eigenvalue weighted by molar-refractivity contribution is -0.133. The van der Waals surface area contributed by atoms with E-state index in [4.69, 9.17) is 11.6 Å². The van der Waals surface area contributed by atoms with Crippen molar-refractivity contribution >= 4 is 83.6 Å². The number of piperazine rings is 2. The van der Waals surface area contributed by atoms with Crippen molar-refractivity contribution in [2.45, 2.75) is 91.2 Å². The van der Waals surface area contributed by atoms with Crippen LogP contribution in [0.2, 0.25) is 5.02 Å². The number of anilines is 3. The molecule has 3 amide bonds. The number of nitrogens with zero attached hydrogens (tertiary/aromatic N) is 5. The topological polar surface area (TPSA) is 193 Å². The number of carbonyl (C=O) groups is 3. The molecule has 432 valence electrons. The van der Waals surface area contributed by atoms with Crippen LogP contribution in [0.25, 0.3) is 5.57 Å². The summed E-state index contributed by atoms with van der Waals surface area (Å²) < 4.78 is 99.5. The molecule has 3 saturated heterocycles. The van der Waals surface area contributed by atoms with Gasteiger partial charge in [-0.25, -0.2) is 21.6 Å². The molecule has 4 heterocycles. The van der Waals surface area contributed by atoms with E-state index in [9.17, 15) is 44.4 Å². The van der Waals surface area contributed by atoms with E-state index in [-0.39, 0.29) is 29.2 Å². The number of allylic oxidation sites excluding steroid dienone is 1. The van der Waals surface area contributed by atoms with E-state index >= 15 is 0 Å². The van der Waals surface area contributed by atoms with Crippen molar-refractivity contribution in [2.75, 3.05) is 86.7 Å². The number of benzene rings is 4. The Kier molecular flexibility index (Phi) is 18.9. The number of imide groups is 1. The van der Waals surface area contributed by atoms with Crippen molar-refractivity contribution in [2.24, 2.45) is 5.41 Å². The number of hydrogen-bond acceptors (Lipinski definition) is 15. The van der Waals surface area contributed by atoms with Crippen LogP contribution in [0.5, 0.6) is 0 Å². The van der Waals surface area contributed by atoms with E-state index < -0.39 is 58.8 Å². The van der Waals surface area contributed by atoms with Crippen molar-refractivity contribution in [3.63, 3.8) is 0 Å². The lowest BCUT2D eigenvalue weighted by atomic mass is 9.73. The predicted molar refractivity (Wildman–Crippen MR) is 310 cm³/mol. The van der Waals surface area contributed by atoms with Crippen LogP contribution in [-0.4, -0.2) is 143 Å². The first-order chi connectivity index (χ1) is 38.6. The summed E-state index contributed by atoms with van der Waals surface area (Å²) in [6, 6.07) is 27.0. The fourth-order valence-corrected chi connectivity index (χ4v) is 13.9. The maximum absolute atomic E-state index is 14.5. The maximum Gasteiger partial charge on any atom is 0.501 e. The molecule has 9 rings (SSSR count). The first kappa shape index (κ1) is 59.6. The van der Waals surface area contributed by atoms with Crippen LogP contribution in [0, 0.1) is 5.41 Å². The molecule has 2 atom stereocenters. The van der Waals surface area contributed by atoms with Crippen LogP contribution < -0.4 is 25.6 Å². The molecule has 23 heteroatoms. The Hall–Kier alpha value is -6.01. The smallest absolute Gasteiger partial charge is 0.380 e. The van der Waals surface area contributed by atoms with E-state index in [2.05, 4.69) is 66.5 Å². The summed E-state index contributed by atoms with van der Waals surface area (Å²) in [6.07, 6.45) is 7.52. The summed E-state index contributed by atoms with van der Waals surface area (Å²) >= 11 is 7.64. The van der Waals surface area contributed by atoms with Gasteiger partial charge in [0, 0.05) is 124 Å². The number of amides is 3. The van der Waals surface area contributed by atoms with E-state index in [1.54, 1.807) is 24.5 Å². The van der Waals surface area contributed by atoms with Gasteiger partial charge in [-0.05, 0) is 127 Å². The third-order valence-corrected chi connectivity index (χ3v) is 19.6. The van der Waals surface area contributed by atoms with Crippen LogP contribution in [0.15, 0.2) is 136 Å². The highest BCUT2D eigenvalue weighted by Crippen LogP contribution is 2.43. The minimum Gasteiger partial charge on any atom is -0.380 e. The molecule has 3 aliphatic heterocycles. The van der Waals surface area contributed by atoms with Gasteiger partial charge in [-0.3, -0.25) is 34.5 Å². The van der Waals surface area contributed by atoms with Gasteiger partial charge in [0.1, 0.15) is 10.9 Å². The normalized spacial score (nSPS) is 19.2. The van der Waals surface area contributed by atoms with Gasteiger partial charge in [0.25, 0.3) is 25.8 Å². The van der Waals surface area contributed by atoms with Gasteiger partial charge < -0.3 is 20.4 Å². The quantitative estimate of drug-likeness (QED) is 0.0426. The summed E-state index contributed by atoms with van der Waals surface area (Å²) in [5.41, 5.74) is 0.419. The summed E-state index contributed by atoms with van der Waals surface area (Å²) in [5.74, 6) is -1.40. The van der Waals surface area contributed by atoms with Crippen molar-refractivity contribution in [1.82, 2.24) is 29.7 Å². The van der Waals surface area contributed by atoms with Crippen LogP contribution in [-0.2, 0) is 36.0 Å². The third-order valence-electron chi connectivity index (χ3n) is 15.3. The average Bonchev–Trinajstić information content (AvgIpc) is 3.56. The minimum atomic E-state index is -6.13. The molecule has 0 spiro atoms. The Morgan fingerprint density at radius 1 is 0.827 bits per heavy atom. The van der Waals surface area contributed by atoms with Gasteiger partial charge in [-0.1, -0.05) is 61.4 Å². The zero-order valence-electron chi connectivity index (χ0n) is 45.2. The number of rotatable bonds is 20. The van der Waals surface area contributed by atoms with E-state index in [0.29, 0.717) is 74.6 Å². The number of pyridine rings is 1. The molecule has 5 aromatic rings. The molecular weight excluding hydrogens is 1120 g/mol. The van der Waals surface area contributed by atoms with Crippen molar-refractivity contribution in [1.29, 1.82) is 0 Å². The van der Waals surface area contributed by atoms with E-state index in [1.165, 1.54) is 40.6 Å². The molecule has 16 nitrogen and oxygen atoms in total. The Labute approximate surface area is 481 Å². The van der Waals surface area contributed by atoms with Gasteiger partial charge >= 0.3 is 5.51 Å². The molecule has 1 unspecified atom stereocenters. The van der Waals surface area contributed by atoms with E-state index in [0.717, 1.165) is 80.3 Å². The largest absolute Gasteiger partial charge is 0.501 e. The molecule has 4 aromatic carbocycles. The SMILES string of the molecule is CC1(C)CCC(c2ccc(Cl)cc2)=C(CN2CCN(c3ccc(C(=O)NS(=O)(=O)c4ccc(N[C@H](CCN5CCN(Cc6cncc(NC7CCC(=O)NC7=O)c6)CC5)CSc5ccccc5)c(S(=O)(=O)C(F)(F)F)c4)cc3)CC2)C1. The van der Waals surface area contributed by atoms with Crippen molar-refractivity contribution < 1.29 is 44.4 Å². The summed E-state index contributed by atoms with van der Waals surface area (Å²) in [6.45, 7) is 12.3. The summed E-state index contributed by atoms with van der Waals surface area (Å²) in [7, 11) is -11.0. The zero-order valence-corrected chi connectivity index (χ0v) is 48.4. The van der Waals surface area contributed by atoms with Gasteiger partial charge in [0.15, 0.2) is 0 Å². The maximum atomic E-state index is 14.5. The van der Waals surface area contributed by atoms with Crippen LogP contribution >= 0.6 is 23.4 Å². The number of carbonyl (C=O) groups excluding carboxylic acids is 3. The first-order valence-electron chi connectivity index (χ1n) is 27.1. The highest BCUT2D eigenvalue weighted by atomic mass is 35.5. The molecule has 81 heavy (non-hydrogen) atoms. The number of thioether (sulfide) groups is 1. The van der Waals surface area contributed by atoms with Gasteiger partial charge in [-0.2, -0.15) is 13.2 Å². The zero-order chi connectivity index (χ0) is 57.5. The number of sulfonamides is 1. The fraction of sp³-hybridized carbons (Fsp3) is 0.414. The second kappa shape index (κ2) is 25.6. The van der Waals surface area contributed by atoms with E-state index in [1.807, 2.05) is 53.3 Å². The Balaban J connectivity index is 0.826. The number of hydrogen-bond donors (Lipinski definition) is 4. The molecular formula is C58H67ClF3N9O7S3. The van der Waals surface area contributed by atoms with Gasteiger partial charge in [0.2, 0.25) is 11.8 Å². The average molecular weight is 1190 g/mol. The molecule has 4 N–H and O–H groups in total. The van der Waals surface area contributed by atoms with Crippen LogP contribution in [0.1, 0.15) is 73.9 Å². The number of nitrogens with one attached hydrogen (secondary N) is 4. The minimum absolute atomic E-state index is 0.0206. The molecule has 0 bridgehead atoms. The predicted octanol–water partition coefficient (Wildman–Crippen LogP) is 8.93. The second-order valence-corrected chi connectivity index (χ2v) is 27.0. The monoisotopic (exact) mass is 1190 g/mol. The lowest BCUT2D eigenvalue weighted by Gasteiger charge is -2.39. The number of sulfone groups is 1. The molecule has 3 fully saturated rings. The highest BCUT2D eigenvalue weighted by molar-refractivity contribution is 7.99. The lowest BCUT2D eigenvalue weighted by Crippen LogP contribution is -2.47. The van der Waals surface area contributed by atoms with Crippen molar-refractivity contribution in [3.05, 3.63) is 143 Å². The standard InChI is InChI=1S/C58H67ClF3N9O7S3/c1-57(2)22-20-50(41-8-12-44(59)13-9-41)43(34-57)38-70-28-30-71(31-29-70)47-14-10-42(11-15-47)55(73)67-81(77,78)49-16-17-51(53(33-49)80(75,76)58(60,61)62)64-45(39-79-48-6-4-3-5-7-48)21-23-68-24-26-69(27-25-68)37-40-32-46(36-63-35-40)65-52-18-19-54(72)66-56(52)74/h3-17,32-33,35-36,45,52,64-65H,18-31,34,37-39H2,1-2H3,(H,67,73)(H,66,72,74)/t45-,52?/m1/s1. The van der Waals surface area contributed by atoms with Crippen molar-refractivity contribution in [3.8, 4) is 0 Å². The van der Waals surface area contributed by atoms with Gasteiger partial charge in [0.05, 0.1) is 16.3 Å². The Morgan fingerprint density at radius 2 is 1.51 bits per heavy atom. The highest BCUT2D eigenvalue weighted by Gasteiger charge is 2.48. The molecule has 1 aliphatic carbocycles. The number of alkyl halides is 3. The Morgan fingerprint density at radius 3 is 2.20 bits per heavy atom. The number of halogens is 4. The number of aromatic nitrogens is 1. The second-order valence-electron chi connectivity index (χ2n) is 21.9. The summed E-state index contributed by atoms with van der Waals surface area (Å²) in [4.78, 5) is 49.6. The van der Waals surface area contributed by atoms with Crippen LogP contribution in [0.3, 0.4) is 0 Å². The van der Waals surface area contributed by atoms with Gasteiger partial charge in [-0.15, -0.1) is 11.8 Å². The molecule has 0 saturated carbocycles. The van der Waals surface area contributed by atoms with Crippen LogP contribution in [0.4, 0.5) is 30.2 Å². The molecule has 0 radical (unpaired) electrons. The molecule has 4 aliphatic rings. The summed E-state index contributed by atoms with van der Waals surface area (Å²) in [5, 5.41) is 9.26. The Bertz CT molecular complexity index is 3320. The molecule has 1 aromatic heterocycles. The first-order valence-corrected chi connectivity index (χ1v) is 31.4. The fourth-order valence-electron chi connectivity index (χ4n) is 10.8.